The predicted octanol–water partition coefficient (Wildman–Crippen LogP) is -1.45. The van der Waals surface area contributed by atoms with Gasteiger partial charge in [0.2, 0.25) is 11.9 Å². The Kier molecular flexibility index (Phi) is 10.1. The first kappa shape index (κ1) is 38.6. The maximum Gasteiger partial charge on any atom is 0.336 e. The quantitative estimate of drug-likeness (QED) is 0.0715. The number of hydrogen-bond donors (Lipinski definition) is 7. The third kappa shape index (κ3) is 6.93. The van der Waals surface area contributed by atoms with Crippen molar-refractivity contribution in [3.63, 3.8) is 0 Å². The maximum atomic E-state index is 13.6. The summed E-state index contributed by atoms with van der Waals surface area (Å²) in [6.07, 6.45) is -3.66. The lowest BCUT2D eigenvalue weighted by Gasteiger charge is -2.31. The minimum absolute atomic E-state index is 0.110. The summed E-state index contributed by atoms with van der Waals surface area (Å²) in [7, 11) is -4.77. The number of nitrogens with one attached hydrogen (secondary N) is 4. The number of carbonyl (C=O) groups is 2. The zero-order valence-electron chi connectivity index (χ0n) is 30.1. The van der Waals surface area contributed by atoms with E-state index in [0.29, 0.717) is 5.56 Å². The monoisotopic (exact) mass is 811 g/mol. The number of H-pyrrole nitrogens is 1. The Bertz CT molecular complexity index is 2500. The second-order valence-corrected chi connectivity index (χ2v) is 15.4. The van der Waals surface area contributed by atoms with E-state index in [1.54, 1.807) is 44.2 Å². The highest BCUT2D eigenvalue weighted by atomic mass is 32.2. The Morgan fingerprint density at radius 3 is 2.47 bits per heavy atom. The summed E-state index contributed by atoms with van der Waals surface area (Å²) in [5, 5.41) is 36.9. The molecule has 8 rings (SSSR count). The Hall–Kier alpha value is -5.31. The number of aliphatic hydroxyl groups is 3. The molecule has 7 N–H and O–H groups in total. The third-order valence-corrected chi connectivity index (χ3v) is 11.0. The van der Waals surface area contributed by atoms with Gasteiger partial charge in [-0.2, -0.15) is 18.1 Å². The fraction of sp³-hybridized carbons (Fsp3) is 0.455. The van der Waals surface area contributed by atoms with Crippen molar-refractivity contribution in [2.45, 2.75) is 56.3 Å². The van der Waals surface area contributed by atoms with Gasteiger partial charge in [-0.05, 0) is 12.1 Å². The molecular weight excluding hydrogens is 774 g/mol. The molecule has 3 saturated heterocycles. The fourth-order valence-electron chi connectivity index (χ4n) is 7.02. The maximum absolute atomic E-state index is 13.6. The Morgan fingerprint density at radius 1 is 1.02 bits per heavy atom. The fourth-order valence-corrected chi connectivity index (χ4v) is 8.04. The first-order valence-corrected chi connectivity index (χ1v) is 19.1. The number of aromatic nitrogens is 8. The van der Waals surface area contributed by atoms with Crippen molar-refractivity contribution < 1.29 is 51.7 Å². The number of nitrogens with zero attached hydrogens (tertiary/aromatic N) is 7. The van der Waals surface area contributed by atoms with Crippen LogP contribution in [0.5, 0.6) is 0 Å². The molecule has 4 aromatic heterocycles. The zero-order chi connectivity index (χ0) is 40.2. The third-order valence-electron chi connectivity index (χ3n) is 10.1. The molecule has 0 aliphatic carbocycles. The topological polar surface area (TPSA) is 309 Å². The molecule has 2 amide bonds. The van der Waals surface area contributed by atoms with Crippen LogP contribution in [-0.4, -0.2) is 131 Å². The minimum Gasteiger partial charge on any atom is -0.396 e. The molecule has 302 valence electrons. The zero-order valence-corrected chi connectivity index (χ0v) is 30.9. The summed E-state index contributed by atoms with van der Waals surface area (Å²) in [6, 6.07) is 8.49. The second-order valence-electron chi connectivity index (χ2n) is 14.0. The Labute approximate surface area is 321 Å². The molecule has 57 heavy (non-hydrogen) atoms. The summed E-state index contributed by atoms with van der Waals surface area (Å²) in [5.74, 6) is -2.49. The first-order chi connectivity index (χ1) is 27.3. The van der Waals surface area contributed by atoms with Gasteiger partial charge in [-0.1, -0.05) is 32.0 Å². The standard InChI is InChI=1S/C33H37N11O12S/c1-15(2)27(48)41-32-40-26-20(29(50)42-32)37-14-44(26)30-21(17(8-45)18(9-46)54-30)56-57(51,52)38-10-33-11-53-22(23(33)47)31(55-33)43-13-36-19-24(34-12-35-25(19)43)39-28(49)16-6-4-3-5-7-16/h3-7,12-15,17-18,21-23,30-31,38,45-47H,8-11H2,1-2H3,(H,34,35,39,49)(H2,40,41,42,48,50)/t17-,18-,21-,22-,23+,30-,31-,33+/m1/s1. The van der Waals surface area contributed by atoms with E-state index in [9.17, 15) is 38.1 Å². The molecule has 0 radical (unpaired) electrons. The van der Waals surface area contributed by atoms with Gasteiger partial charge < -0.3 is 34.8 Å². The van der Waals surface area contributed by atoms with Crippen LogP contribution in [0, 0.1) is 11.8 Å². The van der Waals surface area contributed by atoms with Gasteiger partial charge in [0, 0.05) is 23.9 Å². The molecule has 0 unspecified atom stereocenters. The van der Waals surface area contributed by atoms with Crippen LogP contribution in [0.1, 0.15) is 36.7 Å². The van der Waals surface area contributed by atoms with Gasteiger partial charge >= 0.3 is 10.3 Å². The highest BCUT2D eigenvalue weighted by molar-refractivity contribution is 7.84. The number of aromatic amines is 1. The number of carbonyl (C=O) groups excluding carboxylic acids is 2. The summed E-state index contributed by atoms with van der Waals surface area (Å²) in [4.78, 5) is 61.6. The summed E-state index contributed by atoms with van der Waals surface area (Å²) < 4.78 is 55.9. The van der Waals surface area contributed by atoms with Crippen molar-refractivity contribution in [1.29, 1.82) is 0 Å². The van der Waals surface area contributed by atoms with E-state index in [4.69, 9.17) is 18.4 Å². The van der Waals surface area contributed by atoms with Crippen molar-refractivity contribution in [3.05, 3.63) is 65.2 Å². The Balaban J connectivity index is 1.01. The van der Waals surface area contributed by atoms with Crippen LogP contribution in [0.15, 0.2) is 54.1 Å². The van der Waals surface area contributed by atoms with Crippen LogP contribution in [0.25, 0.3) is 22.3 Å². The number of benzene rings is 1. The number of ether oxygens (including phenoxy) is 3. The number of fused-ring (bicyclic) bond motifs is 4. The summed E-state index contributed by atoms with van der Waals surface area (Å²) >= 11 is 0. The molecule has 24 heteroatoms. The molecule has 5 aromatic rings. The van der Waals surface area contributed by atoms with Crippen molar-refractivity contribution in [3.8, 4) is 0 Å². The molecule has 3 fully saturated rings. The van der Waals surface area contributed by atoms with Crippen molar-refractivity contribution in [2.75, 3.05) is 37.0 Å². The normalized spacial score (nSPS) is 27.2. The lowest BCUT2D eigenvalue weighted by molar-refractivity contribution is -0.169. The van der Waals surface area contributed by atoms with Crippen molar-refractivity contribution in [2.24, 2.45) is 11.8 Å². The van der Waals surface area contributed by atoms with E-state index in [-0.39, 0.29) is 40.7 Å². The number of hydrogen-bond acceptors (Lipinski definition) is 17. The van der Waals surface area contributed by atoms with E-state index >= 15 is 0 Å². The molecule has 3 aliphatic heterocycles. The number of rotatable bonds is 13. The van der Waals surface area contributed by atoms with Crippen LogP contribution in [0.2, 0.25) is 0 Å². The molecule has 23 nitrogen and oxygen atoms in total. The van der Waals surface area contributed by atoms with Gasteiger partial charge in [0.05, 0.1) is 38.6 Å². The van der Waals surface area contributed by atoms with E-state index in [1.165, 1.54) is 21.8 Å². The van der Waals surface area contributed by atoms with E-state index in [0.717, 1.165) is 6.33 Å². The van der Waals surface area contributed by atoms with Crippen molar-refractivity contribution in [1.82, 2.24) is 43.8 Å². The molecule has 3 aliphatic rings. The number of amides is 2. The minimum atomic E-state index is -4.77. The highest BCUT2D eigenvalue weighted by Gasteiger charge is 2.62. The first-order valence-electron chi connectivity index (χ1n) is 17.7. The number of imidazole rings is 2. The average Bonchev–Trinajstić information content (AvgIpc) is 4.01. The largest absolute Gasteiger partial charge is 0.396 e. The van der Waals surface area contributed by atoms with Crippen LogP contribution >= 0.6 is 0 Å². The molecular formula is C33H37N11O12S. The van der Waals surface area contributed by atoms with Gasteiger partial charge in [-0.3, -0.25) is 33.8 Å². The van der Waals surface area contributed by atoms with Crippen LogP contribution < -0.4 is 20.9 Å². The molecule has 2 bridgehead atoms. The van der Waals surface area contributed by atoms with Crippen molar-refractivity contribution >= 4 is 56.2 Å². The van der Waals surface area contributed by atoms with Crippen LogP contribution in [0.3, 0.4) is 0 Å². The van der Waals surface area contributed by atoms with E-state index < -0.39 is 102 Å². The molecule has 7 heterocycles. The summed E-state index contributed by atoms with van der Waals surface area (Å²) in [5.41, 5.74) is -1.75. The number of aliphatic hydroxyl groups excluding tert-OH is 3. The van der Waals surface area contributed by atoms with Gasteiger partial charge in [-0.25, -0.2) is 24.1 Å². The lowest BCUT2D eigenvalue weighted by atomic mass is 9.99. The average molecular weight is 812 g/mol. The molecule has 0 spiro atoms. The van der Waals surface area contributed by atoms with Crippen LogP contribution in [0.4, 0.5) is 11.8 Å². The molecule has 1 aromatic carbocycles. The smallest absolute Gasteiger partial charge is 0.336 e. The van der Waals surface area contributed by atoms with Gasteiger partial charge in [0.1, 0.15) is 30.2 Å². The highest BCUT2D eigenvalue weighted by Crippen LogP contribution is 2.46. The predicted molar refractivity (Wildman–Crippen MR) is 193 cm³/mol. The van der Waals surface area contributed by atoms with E-state index in [2.05, 4.69) is 45.3 Å². The molecule has 0 saturated carbocycles. The van der Waals surface area contributed by atoms with Gasteiger partial charge in [0.15, 0.2) is 40.6 Å². The van der Waals surface area contributed by atoms with E-state index in [1.807, 2.05) is 0 Å². The number of anilines is 2. The Morgan fingerprint density at radius 2 is 1.75 bits per heavy atom. The molecule has 8 atom stereocenters. The van der Waals surface area contributed by atoms with Gasteiger partial charge in [-0.15, -0.1) is 0 Å². The lowest BCUT2D eigenvalue weighted by Crippen LogP contribution is -2.51. The van der Waals surface area contributed by atoms with Crippen LogP contribution in [-0.2, 0) is 33.5 Å². The van der Waals surface area contributed by atoms with Gasteiger partial charge in [0.25, 0.3) is 11.5 Å². The SMILES string of the molecule is CC(C)C(=O)Nc1nc2c(ncn2[C@@H]2O[C@H](CO)[C@@H](CO)[C@H]2OS(=O)(=O)NC[C@@]23CO[C@@H]([C@H](n4cnc5c(NC(=O)c6ccccc6)ncnc54)O2)[C@@H]3O)c(=O)[nH]1. The summed E-state index contributed by atoms with van der Waals surface area (Å²) in [6.45, 7) is 1.21. The second kappa shape index (κ2) is 14.9.